The van der Waals surface area contributed by atoms with Gasteiger partial charge in [-0.25, -0.2) is 0 Å². The molecule has 1 aliphatic rings. The number of hydrogen-bond acceptors (Lipinski definition) is 3. The number of carbonyl (C=O) groups is 1. The number of anilines is 2. The smallest absolute Gasteiger partial charge is 0.230 e. The van der Waals surface area contributed by atoms with Gasteiger partial charge in [-0.3, -0.25) is 4.79 Å². The van der Waals surface area contributed by atoms with Crippen LogP contribution in [-0.2, 0) is 9.53 Å². The van der Waals surface area contributed by atoms with Crippen LogP contribution in [0, 0.1) is 5.92 Å². The molecule has 0 aromatic heterocycles. The van der Waals surface area contributed by atoms with Crippen molar-refractivity contribution >= 4 is 17.3 Å². The number of benzene rings is 1. The summed E-state index contributed by atoms with van der Waals surface area (Å²) in [6.07, 6.45) is 1.62. The van der Waals surface area contributed by atoms with E-state index in [4.69, 9.17) is 10.5 Å². The van der Waals surface area contributed by atoms with Gasteiger partial charge in [0.25, 0.3) is 0 Å². The number of carbonyl (C=O) groups excluding carboxylic acids is 1. The number of hydrogen-bond donors (Lipinski definition) is 1. The summed E-state index contributed by atoms with van der Waals surface area (Å²) < 4.78 is 5.30. The molecule has 18 heavy (non-hydrogen) atoms. The van der Waals surface area contributed by atoms with E-state index in [-0.39, 0.29) is 11.8 Å². The predicted octanol–water partition coefficient (Wildman–Crippen LogP) is 2.05. The first kappa shape index (κ1) is 12.9. The number of nitrogens with two attached hydrogens (primary N) is 1. The maximum absolute atomic E-state index is 12.5. The highest BCUT2D eigenvalue weighted by Gasteiger charge is 2.27. The summed E-state index contributed by atoms with van der Waals surface area (Å²) in [4.78, 5) is 14.3. The molecule has 0 bridgehead atoms. The van der Waals surface area contributed by atoms with Crippen molar-refractivity contribution in [1.82, 2.24) is 0 Å². The predicted molar refractivity (Wildman–Crippen MR) is 72.4 cm³/mol. The maximum atomic E-state index is 12.5. The van der Waals surface area contributed by atoms with E-state index in [1.807, 2.05) is 31.2 Å². The number of nitrogen functional groups attached to an aromatic ring is 1. The zero-order chi connectivity index (χ0) is 13.0. The van der Waals surface area contributed by atoms with E-state index in [0.29, 0.717) is 25.4 Å². The highest BCUT2D eigenvalue weighted by molar-refractivity contribution is 5.97. The molecule has 1 aromatic carbocycles. The average Bonchev–Trinajstić information content (AvgIpc) is 2.42. The van der Waals surface area contributed by atoms with Gasteiger partial charge < -0.3 is 15.4 Å². The first-order valence-corrected chi connectivity index (χ1v) is 6.47. The van der Waals surface area contributed by atoms with Crippen LogP contribution < -0.4 is 10.6 Å². The van der Waals surface area contributed by atoms with Crippen molar-refractivity contribution in [2.45, 2.75) is 19.8 Å². The van der Waals surface area contributed by atoms with E-state index < -0.39 is 0 Å². The van der Waals surface area contributed by atoms with Crippen LogP contribution in [-0.4, -0.2) is 25.7 Å². The molecule has 0 radical (unpaired) electrons. The van der Waals surface area contributed by atoms with Crippen LogP contribution in [0.2, 0.25) is 0 Å². The second kappa shape index (κ2) is 5.87. The largest absolute Gasteiger partial charge is 0.397 e. The van der Waals surface area contributed by atoms with Crippen LogP contribution >= 0.6 is 0 Å². The van der Waals surface area contributed by atoms with Gasteiger partial charge in [0, 0.05) is 25.7 Å². The van der Waals surface area contributed by atoms with Crippen molar-refractivity contribution in [2.75, 3.05) is 30.4 Å². The SMILES string of the molecule is CCN(C(=O)C1CCOCC1)c1ccccc1N. The molecule has 2 rings (SSSR count). The molecule has 1 saturated heterocycles. The summed E-state index contributed by atoms with van der Waals surface area (Å²) in [5, 5.41) is 0. The second-order valence-corrected chi connectivity index (χ2v) is 4.53. The Balaban J connectivity index is 2.17. The highest BCUT2D eigenvalue weighted by atomic mass is 16.5. The van der Waals surface area contributed by atoms with E-state index in [0.717, 1.165) is 18.5 Å². The van der Waals surface area contributed by atoms with E-state index in [1.54, 1.807) is 4.90 Å². The summed E-state index contributed by atoms with van der Waals surface area (Å²) in [6.45, 7) is 3.98. The van der Waals surface area contributed by atoms with Gasteiger partial charge in [-0.15, -0.1) is 0 Å². The molecule has 0 aliphatic carbocycles. The molecule has 1 heterocycles. The Bertz CT molecular complexity index is 414. The van der Waals surface area contributed by atoms with Gasteiger partial charge in [0.05, 0.1) is 11.4 Å². The van der Waals surface area contributed by atoms with Crippen LogP contribution in [0.15, 0.2) is 24.3 Å². The zero-order valence-electron chi connectivity index (χ0n) is 10.8. The summed E-state index contributed by atoms with van der Waals surface area (Å²) in [5.41, 5.74) is 7.41. The van der Waals surface area contributed by atoms with Crippen molar-refractivity contribution in [3.8, 4) is 0 Å². The van der Waals surface area contributed by atoms with Gasteiger partial charge in [0.1, 0.15) is 0 Å². The monoisotopic (exact) mass is 248 g/mol. The molecule has 2 N–H and O–H groups in total. The molecular formula is C14H20N2O2. The zero-order valence-corrected chi connectivity index (χ0v) is 10.8. The molecule has 1 amide bonds. The Kier molecular flexibility index (Phi) is 4.20. The van der Waals surface area contributed by atoms with E-state index in [2.05, 4.69) is 0 Å². The first-order chi connectivity index (χ1) is 8.74. The molecule has 4 heteroatoms. The molecule has 0 saturated carbocycles. The second-order valence-electron chi connectivity index (χ2n) is 4.53. The van der Waals surface area contributed by atoms with E-state index >= 15 is 0 Å². The summed E-state index contributed by atoms with van der Waals surface area (Å²) in [6, 6.07) is 7.52. The number of nitrogens with zero attached hydrogens (tertiary/aromatic N) is 1. The first-order valence-electron chi connectivity index (χ1n) is 6.47. The minimum atomic E-state index is 0.0679. The third kappa shape index (κ3) is 2.64. The third-order valence-electron chi connectivity index (χ3n) is 3.38. The van der Waals surface area contributed by atoms with Crippen LogP contribution in [0.3, 0.4) is 0 Å². The number of amides is 1. The Morgan fingerprint density at radius 2 is 2.06 bits per heavy atom. The number of ether oxygens (including phenoxy) is 1. The Morgan fingerprint density at radius 3 is 2.67 bits per heavy atom. The van der Waals surface area contributed by atoms with Gasteiger partial charge in [-0.05, 0) is 31.9 Å². The number of para-hydroxylation sites is 2. The standard InChI is InChI=1S/C14H20N2O2/c1-2-16(13-6-4-3-5-12(13)15)14(17)11-7-9-18-10-8-11/h3-6,11H,2,7-10,15H2,1H3. The molecule has 4 nitrogen and oxygen atoms in total. The molecule has 1 aliphatic heterocycles. The van der Waals surface area contributed by atoms with Crippen molar-refractivity contribution in [1.29, 1.82) is 0 Å². The van der Waals surface area contributed by atoms with Crippen molar-refractivity contribution in [2.24, 2.45) is 5.92 Å². The fourth-order valence-corrected chi connectivity index (χ4v) is 2.34. The van der Waals surface area contributed by atoms with Gasteiger partial charge in [-0.2, -0.15) is 0 Å². The van der Waals surface area contributed by atoms with Gasteiger partial charge in [0.2, 0.25) is 5.91 Å². The lowest BCUT2D eigenvalue weighted by Crippen LogP contribution is -2.38. The van der Waals surface area contributed by atoms with Crippen LogP contribution in [0.5, 0.6) is 0 Å². The van der Waals surface area contributed by atoms with E-state index in [9.17, 15) is 4.79 Å². The van der Waals surface area contributed by atoms with E-state index in [1.165, 1.54) is 0 Å². The minimum Gasteiger partial charge on any atom is -0.397 e. The topological polar surface area (TPSA) is 55.6 Å². The molecule has 0 unspecified atom stereocenters. The number of rotatable bonds is 3. The van der Waals surface area contributed by atoms with Crippen molar-refractivity contribution < 1.29 is 9.53 Å². The lowest BCUT2D eigenvalue weighted by atomic mass is 9.98. The summed E-state index contributed by atoms with van der Waals surface area (Å²) in [7, 11) is 0. The molecule has 0 spiro atoms. The lowest BCUT2D eigenvalue weighted by Gasteiger charge is -2.29. The third-order valence-corrected chi connectivity index (χ3v) is 3.38. The van der Waals surface area contributed by atoms with Gasteiger partial charge in [0.15, 0.2) is 0 Å². The average molecular weight is 248 g/mol. The lowest BCUT2D eigenvalue weighted by molar-refractivity contribution is -0.125. The van der Waals surface area contributed by atoms with Gasteiger partial charge >= 0.3 is 0 Å². The normalized spacial score (nSPS) is 16.5. The van der Waals surface area contributed by atoms with Crippen LogP contribution in [0.1, 0.15) is 19.8 Å². The maximum Gasteiger partial charge on any atom is 0.230 e. The quantitative estimate of drug-likeness (QED) is 0.833. The fourth-order valence-electron chi connectivity index (χ4n) is 2.34. The molecule has 1 fully saturated rings. The van der Waals surface area contributed by atoms with Crippen LogP contribution in [0.4, 0.5) is 11.4 Å². The molecule has 1 aromatic rings. The van der Waals surface area contributed by atoms with Crippen LogP contribution in [0.25, 0.3) is 0 Å². The molecular weight excluding hydrogens is 228 g/mol. The molecule has 0 atom stereocenters. The minimum absolute atomic E-state index is 0.0679. The summed E-state index contributed by atoms with van der Waals surface area (Å²) in [5.74, 6) is 0.233. The summed E-state index contributed by atoms with van der Waals surface area (Å²) >= 11 is 0. The highest BCUT2D eigenvalue weighted by Crippen LogP contribution is 2.26. The Labute approximate surface area is 108 Å². The Morgan fingerprint density at radius 1 is 1.39 bits per heavy atom. The molecule has 98 valence electrons. The van der Waals surface area contributed by atoms with Gasteiger partial charge in [-0.1, -0.05) is 12.1 Å². The van der Waals surface area contributed by atoms with Crippen molar-refractivity contribution in [3.05, 3.63) is 24.3 Å². The van der Waals surface area contributed by atoms with Crippen molar-refractivity contribution in [3.63, 3.8) is 0 Å². The fraction of sp³-hybridized carbons (Fsp3) is 0.500. The Hall–Kier alpha value is -1.55.